The molecule has 11 rings (SSSR count). The number of benzene rings is 8. The molecule has 1 aliphatic heterocycles. The van der Waals surface area contributed by atoms with E-state index >= 15 is 0 Å². The Balaban J connectivity index is 0.992. The molecule has 0 amide bonds. The largest absolute Gasteiger partial charge is 0.438 e. The van der Waals surface area contributed by atoms with E-state index in [1.54, 1.807) is 0 Å². The van der Waals surface area contributed by atoms with Crippen molar-refractivity contribution in [2.45, 2.75) is 19.0 Å². The zero-order chi connectivity index (χ0) is 41.3. The van der Waals surface area contributed by atoms with Gasteiger partial charge in [0.25, 0.3) is 0 Å². The van der Waals surface area contributed by atoms with Crippen LogP contribution in [0.3, 0.4) is 0 Å². The Morgan fingerprint density at radius 2 is 1.08 bits per heavy atom. The summed E-state index contributed by atoms with van der Waals surface area (Å²) in [6, 6.07) is 77.3. The molecule has 5 heteroatoms. The average molecular weight is 812 g/mol. The number of para-hydroxylation sites is 1. The van der Waals surface area contributed by atoms with Crippen molar-refractivity contribution in [3.8, 4) is 16.8 Å². The molecule has 2 aliphatic rings. The lowest BCUT2D eigenvalue weighted by molar-refractivity contribution is 0.876. The molecule has 0 spiro atoms. The van der Waals surface area contributed by atoms with Crippen molar-refractivity contribution in [1.82, 2.24) is 4.57 Å². The summed E-state index contributed by atoms with van der Waals surface area (Å²) in [6.45, 7) is 0. The molecule has 62 heavy (non-hydrogen) atoms. The maximum atomic E-state index is 5.14. The van der Waals surface area contributed by atoms with Gasteiger partial charge in [0.15, 0.2) is 8.07 Å². The van der Waals surface area contributed by atoms with Crippen LogP contribution in [0.5, 0.6) is 0 Å². The van der Waals surface area contributed by atoms with Gasteiger partial charge in [0, 0.05) is 16.5 Å². The molecule has 0 saturated heterocycles. The molecule has 4 nitrogen and oxygen atoms in total. The maximum Gasteiger partial charge on any atom is 0.179 e. The number of nitrogens with zero attached hydrogens (tertiary/aromatic N) is 4. The van der Waals surface area contributed by atoms with Crippen molar-refractivity contribution in [2.75, 3.05) is 0 Å². The van der Waals surface area contributed by atoms with Crippen molar-refractivity contribution >= 4 is 62.3 Å². The van der Waals surface area contributed by atoms with E-state index in [0.29, 0.717) is 5.84 Å². The maximum absolute atomic E-state index is 5.14. The lowest BCUT2D eigenvalue weighted by Crippen LogP contribution is -2.74. The van der Waals surface area contributed by atoms with E-state index in [-0.39, 0.29) is 6.17 Å². The smallest absolute Gasteiger partial charge is 0.179 e. The fourth-order valence-electron chi connectivity index (χ4n) is 9.44. The van der Waals surface area contributed by atoms with Gasteiger partial charge in [-0.3, -0.25) is 4.99 Å². The summed E-state index contributed by atoms with van der Waals surface area (Å²) < 4.78 is 2.38. The second-order valence-corrected chi connectivity index (χ2v) is 19.8. The van der Waals surface area contributed by atoms with E-state index in [1.165, 1.54) is 42.6 Å². The fourth-order valence-corrected chi connectivity index (χ4v) is 14.2. The third-order valence-electron chi connectivity index (χ3n) is 12.4. The van der Waals surface area contributed by atoms with Crippen LogP contribution in [0.25, 0.3) is 43.9 Å². The van der Waals surface area contributed by atoms with Crippen LogP contribution in [0, 0.1) is 0 Å². The zero-order valence-corrected chi connectivity index (χ0v) is 35.2. The van der Waals surface area contributed by atoms with Crippen molar-refractivity contribution in [2.24, 2.45) is 9.98 Å². The molecule has 1 aliphatic carbocycles. The minimum atomic E-state index is -2.62. The molecular formula is C57H43N4Si-. The number of hydrogen-bond acceptors (Lipinski definition) is 2. The lowest BCUT2D eigenvalue weighted by Gasteiger charge is -2.34. The fraction of sp³-hybridized carbons (Fsp3) is 0.0526. The number of aromatic nitrogens is 1. The molecular weight excluding hydrogens is 769 g/mol. The molecule has 0 N–H and O–H groups in total. The van der Waals surface area contributed by atoms with E-state index in [2.05, 4.69) is 217 Å². The monoisotopic (exact) mass is 811 g/mol. The number of allylic oxidation sites excluding steroid dienone is 2. The highest BCUT2D eigenvalue weighted by Gasteiger charge is 2.41. The van der Waals surface area contributed by atoms with Crippen LogP contribution in [0.2, 0.25) is 0 Å². The van der Waals surface area contributed by atoms with Gasteiger partial charge in [-0.2, -0.15) is 0 Å². The first-order chi connectivity index (χ1) is 30.7. The number of hydrogen-bond donors (Lipinski definition) is 0. The van der Waals surface area contributed by atoms with Gasteiger partial charge < -0.3 is 14.9 Å². The Morgan fingerprint density at radius 3 is 1.74 bits per heavy atom. The predicted octanol–water partition coefficient (Wildman–Crippen LogP) is 11.3. The van der Waals surface area contributed by atoms with Crippen molar-refractivity contribution < 1.29 is 0 Å². The zero-order valence-electron chi connectivity index (χ0n) is 34.2. The van der Waals surface area contributed by atoms with Crippen molar-refractivity contribution in [3.63, 3.8) is 0 Å². The molecule has 0 bridgehead atoms. The molecule has 1 aromatic heterocycles. The Kier molecular flexibility index (Phi) is 9.72. The summed E-state index contributed by atoms with van der Waals surface area (Å²) in [5.74, 6) is 1.42. The van der Waals surface area contributed by atoms with Crippen LogP contribution in [-0.4, -0.2) is 24.3 Å². The van der Waals surface area contributed by atoms with Gasteiger partial charge in [0.05, 0.1) is 23.0 Å². The number of rotatable bonds is 9. The molecule has 0 fully saturated rings. The molecule has 0 radical (unpaired) electrons. The molecule has 8 aromatic carbocycles. The van der Waals surface area contributed by atoms with Crippen LogP contribution in [0.1, 0.15) is 30.1 Å². The molecule has 296 valence electrons. The van der Waals surface area contributed by atoms with Gasteiger partial charge in [-0.15, -0.1) is 0 Å². The quantitative estimate of drug-likeness (QED) is 0.103. The first-order valence-electron chi connectivity index (χ1n) is 21.4. The third-order valence-corrected chi connectivity index (χ3v) is 17.2. The molecule has 9 aromatic rings. The van der Waals surface area contributed by atoms with Crippen molar-refractivity contribution in [3.05, 3.63) is 253 Å². The minimum absolute atomic E-state index is 0.368. The Morgan fingerprint density at radius 1 is 0.484 bits per heavy atom. The first-order valence-corrected chi connectivity index (χ1v) is 23.4. The molecule has 0 saturated carbocycles. The Labute approximate surface area is 363 Å². The standard InChI is InChI=1S/C57H43N4Si/c1-6-19-42(20-7-1)55-58-56(43-21-8-2-9-22-43)60-57(59-55)45-23-18-24-46(39-45)61-53-32-17-16-31-51(53)52-40-44(35-38-54(52)61)41-33-36-50(37-34-41)62(47-25-10-3-11-26-47,48-27-12-4-13-28-48)49-29-14-5-15-30-49/h1,3-8,10-40,55H,2,9H2/q-1. The number of fused-ring (bicyclic) bond motifs is 3. The van der Waals surface area contributed by atoms with E-state index in [1.807, 2.05) is 18.2 Å². The summed E-state index contributed by atoms with van der Waals surface area (Å²) in [4.78, 5) is 10.1. The first kappa shape index (κ1) is 37.4. The summed E-state index contributed by atoms with van der Waals surface area (Å²) in [5.41, 5.74) is 8.80. The number of aliphatic imine (C=N–C) groups is 2. The summed E-state index contributed by atoms with van der Waals surface area (Å²) in [6.07, 6.45) is 8.23. The minimum Gasteiger partial charge on any atom is -0.438 e. The van der Waals surface area contributed by atoms with Gasteiger partial charge in [-0.05, 0) is 91.7 Å². The van der Waals surface area contributed by atoms with Crippen LogP contribution < -0.4 is 20.7 Å². The summed E-state index contributed by atoms with van der Waals surface area (Å²) in [5, 5.41) is 13.0. The Bertz CT molecular complexity index is 3090. The number of amidine groups is 2. The van der Waals surface area contributed by atoms with Crippen LogP contribution in [-0.2, 0) is 0 Å². The van der Waals surface area contributed by atoms with Gasteiger partial charge in [0.2, 0.25) is 0 Å². The SMILES string of the molecule is C1=CC(C2=NC(c3ccccc3)[N-]C(c3cccc(-n4c5ccccc5c5cc(-c6ccc([Si](c7ccccc7)(c7ccccc7)c7ccccc7)cc6)ccc54)c3)=N2)=CCC1. The summed E-state index contributed by atoms with van der Waals surface area (Å²) in [7, 11) is -2.62. The molecule has 1 unspecified atom stereocenters. The predicted molar refractivity (Wildman–Crippen MR) is 263 cm³/mol. The van der Waals surface area contributed by atoms with Gasteiger partial charge in [0.1, 0.15) is 0 Å². The van der Waals surface area contributed by atoms with E-state index in [0.717, 1.165) is 52.1 Å². The normalized spacial score (nSPS) is 15.2. The van der Waals surface area contributed by atoms with Gasteiger partial charge in [-0.25, -0.2) is 0 Å². The Hall–Kier alpha value is -7.60. The third kappa shape index (κ3) is 6.64. The van der Waals surface area contributed by atoms with E-state index in [9.17, 15) is 0 Å². The topological polar surface area (TPSA) is 43.8 Å². The second kappa shape index (κ2) is 16.1. The van der Waals surface area contributed by atoms with E-state index in [4.69, 9.17) is 15.3 Å². The van der Waals surface area contributed by atoms with Crippen LogP contribution >= 0.6 is 0 Å². The lowest BCUT2D eigenvalue weighted by atomic mass is 10.0. The summed E-state index contributed by atoms with van der Waals surface area (Å²) >= 11 is 0. The van der Waals surface area contributed by atoms with Gasteiger partial charge in [-0.1, -0.05) is 206 Å². The second-order valence-electron chi connectivity index (χ2n) is 16.0. The van der Waals surface area contributed by atoms with Crippen molar-refractivity contribution in [1.29, 1.82) is 0 Å². The van der Waals surface area contributed by atoms with Crippen LogP contribution in [0.4, 0.5) is 0 Å². The van der Waals surface area contributed by atoms with Crippen LogP contribution in [0.15, 0.2) is 246 Å². The average Bonchev–Trinajstić information content (AvgIpc) is 3.70. The molecule has 2 heterocycles. The van der Waals surface area contributed by atoms with E-state index < -0.39 is 8.07 Å². The van der Waals surface area contributed by atoms with Gasteiger partial charge >= 0.3 is 0 Å². The molecule has 1 atom stereocenters. The highest BCUT2D eigenvalue weighted by atomic mass is 28.3. The highest BCUT2D eigenvalue weighted by molar-refractivity contribution is 7.19. The highest BCUT2D eigenvalue weighted by Crippen LogP contribution is 2.36.